The number of carbonyl (C=O) groups excluding carboxylic acids is 2. The van der Waals surface area contributed by atoms with Crippen LogP contribution in [0.5, 0.6) is 0 Å². The van der Waals surface area contributed by atoms with Crippen molar-refractivity contribution < 1.29 is 14.3 Å². The van der Waals surface area contributed by atoms with Gasteiger partial charge >= 0.3 is 6.09 Å². The molecule has 0 aromatic heterocycles. The SMILES string of the molecule is CC(C)(C)C1=CCOC(=O)N(C(C)(C)C)C1=O. The highest BCUT2D eigenvalue weighted by molar-refractivity contribution is 6.04. The summed E-state index contributed by atoms with van der Waals surface area (Å²) < 4.78 is 5.03. The molecule has 17 heavy (non-hydrogen) atoms. The number of ether oxygens (including phenoxy) is 1. The molecule has 1 aliphatic rings. The second kappa shape index (κ2) is 4.17. The summed E-state index contributed by atoms with van der Waals surface area (Å²) >= 11 is 0. The van der Waals surface area contributed by atoms with E-state index in [2.05, 4.69) is 0 Å². The Kier molecular flexibility index (Phi) is 3.37. The molecule has 4 heteroatoms. The summed E-state index contributed by atoms with van der Waals surface area (Å²) in [4.78, 5) is 25.4. The largest absolute Gasteiger partial charge is 0.445 e. The smallest absolute Gasteiger partial charge is 0.417 e. The Labute approximate surface area is 103 Å². The highest BCUT2D eigenvalue weighted by Gasteiger charge is 2.39. The van der Waals surface area contributed by atoms with E-state index < -0.39 is 11.6 Å². The van der Waals surface area contributed by atoms with Crippen LogP contribution in [0, 0.1) is 5.41 Å². The fraction of sp³-hybridized carbons (Fsp3) is 0.692. The van der Waals surface area contributed by atoms with Gasteiger partial charge in [0.25, 0.3) is 5.91 Å². The van der Waals surface area contributed by atoms with Crippen molar-refractivity contribution in [2.24, 2.45) is 5.41 Å². The molecule has 96 valence electrons. The van der Waals surface area contributed by atoms with Crippen LogP contribution < -0.4 is 0 Å². The summed E-state index contributed by atoms with van der Waals surface area (Å²) in [6.45, 7) is 11.5. The second-order valence-corrected chi connectivity index (χ2v) is 6.26. The van der Waals surface area contributed by atoms with Crippen LogP contribution in [0.1, 0.15) is 41.5 Å². The monoisotopic (exact) mass is 239 g/mol. The van der Waals surface area contributed by atoms with Crippen LogP contribution in [-0.4, -0.2) is 29.0 Å². The maximum absolute atomic E-state index is 12.4. The van der Waals surface area contributed by atoms with E-state index in [-0.39, 0.29) is 17.9 Å². The zero-order chi connectivity index (χ0) is 13.4. The summed E-state index contributed by atoms with van der Waals surface area (Å²) in [6, 6.07) is 0. The Hall–Kier alpha value is -1.32. The summed E-state index contributed by atoms with van der Waals surface area (Å²) in [5, 5.41) is 0. The second-order valence-electron chi connectivity index (χ2n) is 6.26. The van der Waals surface area contributed by atoms with Gasteiger partial charge in [-0.1, -0.05) is 20.8 Å². The van der Waals surface area contributed by atoms with Crippen LogP contribution in [-0.2, 0) is 9.53 Å². The number of nitrogens with zero attached hydrogens (tertiary/aromatic N) is 1. The lowest BCUT2D eigenvalue weighted by molar-refractivity contribution is -0.129. The maximum atomic E-state index is 12.4. The number of imide groups is 1. The molecule has 0 aromatic rings. The molecule has 0 bridgehead atoms. The molecule has 0 saturated heterocycles. The average molecular weight is 239 g/mol. The lowest BCUT2D eigenvalue weighted by atomic mass is 9.84. The van der Waals surface area contributed by atoms with Gasteiger partial charge in [-0.15, -0.1) is 0 Å². The Bertz CT molecular complexity index is 369. The number of hydrogen-bond acceptors (Lipinski definition) is 3. The molecule has 0 spiro atoms. The van der Waals surface area contributed by atoms with Gasteiger partial charge in [0, 0.05) is 11.1 Å². The zero-order valence-electron chi connectivity index (χ0n) is 11.5. The molecule has 0 saturated carbocycles. The van der Waals surface area contributed by atoms with E-state index >= 15 is 0 Å². The first-order chi connectivity index (χ1) is 7.55. The zero-order valence-corrected chi connectivity index (χ0v) is 11.5. The van der Waals surface area contributed by atoms with Crippen LogP contribution in [0.15, 0.2) is 11.6 Å². The van der Waals surface area contributed by atoms with E-state index in [1.54, 1.807) is 6.08 Å². The molecule has 1 aliphatic heterocycles. The van der Waals surface area contributed by atoms with Gasteiger partial charge in [-0.3, -0.25) is 4.79 Å². The summed E-state index contributed by atoms with van der Waals surface area (Å²) in [7, 11) is 0. The standard InChI is InChI=1S/C13H21NO3/c1-12(2,3)9-7-8-17-11(16)14(10(9)15)13(4,5)6/h7H,8H2,1-6H3. The predicted molar refractivity (Wildman–Crippen MR) is 65.5 cm³/mol. The molecule has 0 fully saturated rings. The minimum Gasteiger partial charge on any atom is -0.445 e. The Morgan fingerprint density at radius 2 is 1.65 bits per heavy atom. The summed E-state index contributed by atoms with van der Waals surface area (Å²) in [5.74, 6) is -0.257. The van der Waals surface area contributed by atoms with Crippen LogP contribution >= 0.6 is 0 Å². The van der Waals surface area contributed by atoms with Crippen LogP contribution in [0.3, 0.4) is 0 Å². The Morgan fingerprint density at radius 1 is 1.12 bits per heavy atom. The van der Waals surface area contributed by atoms with E-state index in [9.17, 15) is 9.59 Å². The van der Waals surface area contributed by atoms with Crippen molar-refractivity contribution in [3.63, 3.8) is 0 Å². The van der Waals surface area contributed by atoms with Crippen molar-refractivity contribution in [2.45, 2.75) is 47.1 Å². The van der Waals surface area contributed by atoms with Crippen molar-refractivity contribution in [2.75, 3.05) is 6.61 Å². The lowest BCUT2D eigenvalue weighted by Crippen LogP contribution is -2.50. The van der Waals surface area contributed by atoms with Gasteiger partial charge in [-0.25, -0.2) is 9.69 Å². The van der Waals surface area contributed by atoms with E-state index in [0.717, 1.165) is 0 Å². The normalized spacial score (nSPS) is 18.7. The predicted octanol–water partition coefficient (Wildman–Crippen LogP) is 2.74. The van der Waals surface area contributed by atoms with Crippen LogP contribution in [0.25, 0.3) is 0 Å². The van der Waals surface area contributed by atoms with Crippen molar-refractivity contribution in [3.8, 4) is 0 Å². The van der Waals surface area contributed by atoms with Gasteiger partial charge in [0.05, 0.1) is 0 Å². The van der Waals surface area contributed by atoms with Gasteiger partial charge in [-0.2, -0.15) is 0 Å². The fourth-order valence-electron chi connectivity index (χ4n) is 1.76. The fourth-order valence-corrected chi connectivity index (χ4v) is 1.76. The van der Waals surface area contributed by atoms with Crippen LogP contribution in [0.2, 0.25) is 0 Å². The molecule has 1 heterocycles. The van der Waals surface area contributed by atoms with Crippen molar-refractivity contribution >= 4 is 12.0 Å². The van der Waals surface area contributed by atoms with Gasteiger partial charge in [0.15, 0.2) is 0 Å². The third-order valence-corrected chi connectivity index (χ3v) is 2.59. The lowest BCUT2D eigenvalue weighted by Gasteiger charge is -2.34. The van der Waals surface area contributed by atoms with Gasteiger partial charge in [0.2, 0.25) is 0 Å². The third-order valence-electron chi connectivity index (χ3n) is 2.59. The van der Waals surface area contributed by atoms with Crippen molar-refractivity contribution in [1.82, 2.24) is 4.90 Å². The number of rotatable bonds is 0. The number of cyclic esters (lactones) is 1. The van der Waals surface area contributed by atoms with E-state index in [0.29, 0.717) is 5.57 Å². The Balaban J connectivity index is 3.20. The molecule has 4 nitrogen and oxygen atoms in total. The minimum absolute atomic E-state index is 0.157. The molecular formula is C13H21NO3. The van der Waals surface area contributed by atoms with Crippen molar-refractivity contribution in [3.05, 3.63) is 11.6 Å². The summed E-state index contributed by atoms with van der Waals surface area (Å²) in [5.41, 5.74) is -0.254. The summed E-state index contributed by atoms with van der Waals surface area (Å²) in [6.07, 6.45) is 1.13. The molecular weight excluding hydrogens is 218 g/mol. The third kappa shape index (κ3) is 2.87. The maximum Gasteiger partial charge on any atom is 0.417 e. The molecule has 0 N–H and O–H groups in total. The molecule has 0 atom stereocenters. The number of carbonyl (C=O) groups is 2. The molecule has 0 unspecified atom stereocenters. The highest BCUT2D eigenvalue weighted by Crippen LogP contribution is 2.31. The van der Waals surface area contributed by atoms with E-state index in [4.69, 9.17) is 4.74 Å². The van der Waals surface area contributed by atoms with Gasteiger partial charge < -0.3 is 4.74 Å². The average Bonchev–Trinajstić information content (AvgIpc) is 2.20. The molecule has 0 radical (unpaired) electrons. The molecule has 1 rings (SSSR count). The van der Waals surface area contributed by atoms with Crippen LogP contribution in [0.4, 0.5) is 4.79 Å². The van der Waals surface area contributed by atoms with E-state index in [1.807, 2.05) is 41.5 Å². The molecule has 0 aromatic carbocycles. The first-order valence-corrected chi connectivity index (χ1v) is 5.77. The first kappa shape index (κ1) is 13.7. The molecule has 0 aliphatic carbocycles. The van der Waals surface area contributed by atoms with Gasteiger partial charge in [0.1, 0.15) is 6.61 Å². The number of amides is 2. The number of hydrogen-bond donors (Lipinski definition) is 0. The van der Waals surface area contributed by atoms with Crippen molar-refractivity contribution in [1.29, 1.82) is 0 Å². The highest BCUT2D eigenvalue weighted by atomic mass is 16.6. The topological polar surface area (TPSA) is 46.6 Å². The minimum atomic E-state index is -0.581. The quantitative estimate of drug-likeness (QED) is 0.653. The molecule has 2 amide bonds. The first-order valence-electron chi connectivity index (χ1n) is 5.77. The van der Waals surface area contributed by atoms with Gasteiger partial charge in [-0.05, 0) is 32.3 Å². The van der Waals surface area contributed by atoms with E-state index in [1.165, 1.54) is 4.90 Å². The Morgan fingerprint density at radius 3 is 2.06 bits per heavy atom.